The van der Waals surface area contributed by atoms with Crippen molar-refractivity contribution in [3.63, 3.8) is 0 Å². The molecule has 19 heavy (non-hydrogen) atoms. The van der Waals surface area contributed by atoms with Crippen molar-refractivity contribution >= 4 is 6.03 Å². The Morgan fingerprint density at radius 1 is 1.74 bits per heavy atom. The fraction of sp³-hybridized carbons (Fsp3) is 0.308. The zero-order chi connectivity index (χ0) is 13.7. The molecule has 6 nitrogen and oxygen atoms in total. The van der Waals surface area contributed by atoms with Crippen LogP contribution >= 0.6 is 0 Å². The maximum absolute atomic E-state index is 11.5. The Morgan fingerprint density at radius 3 is 3.21 bits per heavy atom. The number of nitrogens with one attached hydrogen (secondary N) is 1. The number of pyridine rings is 1. The Bertz CT molecular complexity index is 518. The molecule has 0 unspecified atom stereocenters. The lowest BCUT2D eigenvalue weighted by Crippen LogP contribution is -2.59. The number of nitrogens with zero attached hydrogens (tertiary/aromatic N) is 3. The molecule has 0 atom stereocenters. The average molecular weight is 258 g/mol. The number of amides is 2. The summed E-state index contributed by atoms with van der Waals surface area (Å²) in [5.41, 5.74) is 0.400. The second-order valence-corrected chi connectivity index (χ2v) is 4.09. The molecule has 1 aliphatic rings. The number of likely N-dealkylation sites (tertiary alicyclic amines) is 1. The third kappa shape index (κ3) is 3.01. The minimum atomic E-state index is -0.138. The van der Waals surface area contributed by atoms with Gasteiger partial charge in [-0.25, -0.2) is 9.78 Å². The van der Waals surface area contributed by atoms with Crippen LogP contribution in [0.3, 0.4) is 0 Å². The first-order valence-electron chi connectivity index (χ1n) is 5.90. The zero-order valence-corrected chi connectivity index (χ0v) is 10.4. The Hall–Kier alpha value is -2.55. The van der Waals surface area contributed by atoms with E-state index in [9.17, 15) is 4.79 Å². The maximum atomic E-state index is 11.5. The van der Waals surface area contributed by atoms with Gasteiger partial charge in [0.15, 0.2) is 0 Å². The molecule has 2 heterocycles. The maximum Gasteiger partial charge on any atom is 0.317 e. The highest BCUT2D eigenvalue weighted by atomic mass is 16.5. The van der Waals surface area contributed by atoms with Crippen LogP contribution in [0.15, 0.2) is 31.0 Å². The van der Waals surface area contributed by atoms with Gasteiger partial charge in [0.25, 0.3) is 0 Å². The molecular weight excluding hydrogens is 244 g/mol. The smallest absolute Gasteiger partial charge is 0.317 e. The van der Waals surface area contributed by atoms with E-state index in [-0.39, 0.29) is 12.1 Å². The molecule has 0 saturated carbocycles. The number of carbonyl (C=O) groups is 1. The minimum Gasteiger partial charge on any atom is -0.470 e. The summed E-state index contributed by atoms with van der Waals surface area (Å²) in [5, 5.41) is 11.6. The summed E-state index contributed by atoms with van der Waals surface area (Å²) in [6.07, 6.45) is 3.08. The second kappa shape index (κ2) is 5.87. The van der Waals surface area contributed by atoms with E-state index in [4.69, 9.17) is 10.00 Å². The van der Waals surface area contributed by atoms with E-state index < -0.39 is 0 Å². The van der Waals surface area contributed by atoms with Crippen molar-refractivity contribution in [3.8, 4) is 11.9 Å². The summed E-state index contributed by atoms with van der Waals surface area (Å²) in [6.45, 7) is 4.95. The topological polar surface area (TPSA) is 78.2 Å². The standard InChI is InChI=1S/C13H14N4O2/c1-2-5-16-13(18)17-8-11(9-17)19-12-10(7-14)4-3-6-15-12/h2-4,6,11H,1,5,8-9H2,(H,16,18). The van der Waals surface area contributed by atoms with Gasteiger partial charge in [-0.15, -0.1) is 6.58 Å². The van der Waals surface area contributed by atoms with E-state index in [1.807, 2.05) is 6.07 Å². The number of ether oxygens (including phenoxy) is 1. The van der Waals surface area contributed by atoms with Gasteiger partial charge in [0.1, 0.15) is 17.7 Å². The van der Waals surface area contributed by atoms with E-state index in [1.165, 1.54) is 0 Å². The first kappa shape index (κ1) is 12.9. The van der Waals surface area contributed by atoms with Crippen molar-refractivity contribution in [2.75, 3.05) is 19.6 Å². The third-order valence-electron chi connectivity index (χ3n) is 2.70. The van der Waals surface area contributed by atoms with Crippen LogP contribution in [0.1, 0.15) is 5.56 Å². The number of hydrogen-bond donors (Lipinski definition) is 1. The SMILES string of the molecule is C=CCNC(=O)N1CC(Oc2ncccc2C#N)C1. The number of aromatic nitrogens is 1. The molecule has 0 radical (unpaired) electrons. The molecule has 1 aromatic heterocycles. The predicted octanol–water partition coefficient (Wildman–Crippen LogP) is 0.912. The van der Waals surface area contributed by atoms with Crippen LogP contribution < -0.4 is 10.1 Å². The highest BCUT2D eigenvalue weighted by molar-refractivity contribution is 5.75. The van der Waals surface area contributed by atoms with E-state index in [2.05, 4.69) is 16.9 Å². The quantitative estimate of drug-likeness (QED) is 0.814. The van der Waals surface area contributed by atoms with Crippen LogP contribution in [0.2, 0.25) is 0 Å². The van der Waals surface area contributed by atoms with Crippen LogP contribution in [-0.4, -0.2) is 41.7 Å². The minimum absolute atomic E-state index is 0.114. The zero-order valence-electron chi connectivity index (χ0n) is 10.4. The van der Waals surface area contributed by atoms with E-state index in [0.717, 1.165) is 0 Å². The highest BCUT2D eigenvalue weighted by Crippen LogP contribution is 2.19. The predicted molar refractivity (Wildman–Crippen MR) is 68.5 cm³/mol. The van der Waals surface area contributed by atoms with Crippen molar-refractivity contribution in [1.82, 2.24) is 15.2 Å². The highest BCUT2D eigenvalue weighted by Gasteiger charge is 2.32. The van der Waals surface area contributed by atoms with Crippen LogP contribution in [0.4, 0.5) is 4.79 Å². The van der Waals surface area contributed by atoms with Gasteiger partial charge >= 0.3 is 6.03 Å². The lowest BCUT2D eigenvalue weighted by molar-refractivity contribution is 0.0415. The molecule has 6 heteroatoms. The third-order valence-corrected chi connectivity index (χ3v) is 2.70. The molecule has 2 rings (SSSR count). The number of nitriles is 1. The Balaban J connectivity index is 1.83. The van der Waals surface area contributed by atoms with Gasteiger partial charge < -0.3 is 15.0 Å². The molecular formula is C13H14N4O2. The normalized spacial score (nSPS) is 14.2. The first-order chi connectivity index (χ1) is 9.24. The number of carbonyl (C=O) groups excluding carboxylic acids is 1. The molecule has 1 N–H and O–H groups in total. The van der Waals surface area contributed by atoms with Gasteiger partial charge in [-0.2, -0.15) is 5.26 Å². The lowest BCUT2D eigenvalue weighted by atomic mass is 10.2. The van der Waals surface area contributed by atoms with E-state index in [0.29, 0.717) is 31.1 Å². The molecule has 0 aliphatic carbocycles. The fourth-order valence-electron chi connectivity index (χ4n) is 1.68. The summed E-state index contributed by atoms with van der Waals surface area (Å²) < 4.78 is 5.58. The summed E-state index contributed by atoms with van der Waals surface area (Å²) in [6, 6.07) is 5.21. The fourth-order valence-corrected chi connectivity index (χ4v) is 1.68. The van der Waals surface area contributed by atoms with E-state index in [1.54, 1.807) is 29.3 Å². The van der Waals surface area contributed by atoms with Crippen molar-refractivity contribution < 1.29 is 9.53 Å². The molecule has 2 amide bonds. The van der Waals surface area contributed by atoms with Crippen LogP contribution in [0.25, 0.3) is 0 Å². The largest absolute Gasteiger partial charge is 0.470 e. The lowest BCUT2D eigenvalue weighted by Gasteiger charge is -2.38. The molecule has 1 aromatic rings. The molecule has 0 aromatic carbocycles. The van der Waals surface area contributed by atoms with Gasteiger partial charge in [0.2, 0.25) is 5.88 Å². The van der Waals surface area contributed by atoms with Crippen molar-refractivity contribution in [2.24, 2.45) is 0 Å². The average Bonchev–Trinajstić information content (AvgIpc) is 2.40. The second-order valence-electron chi connectivity index (χ2n) is 4.09. The van der Waals surface area contributed by atoms with Gasteiger partial charge in [0.05, 0.1) is 13.1 Å². The van der Waals surface area contributed by atoms with Gasteiger partial charge in [0, 0.05) is 12.7 Å². The number of rotatable bonds is 4. The summed E-state index contributed by atoms with van der Waals surface area (Å²) in [7, 11) is 0. The number of hydrogen-bond acceptors (Lipinski definition) is 4. The van der Waals surface area contributed by atoms with Gasteiger partial charge in [-0.05, 0) is 12.1 Å². The van der Waals surface area contributed by atoms with Crippen LogP contribution in [0.5, 0.6) is 5.88 Å². The first-order valence-corrected chi connectivity index (χ1v) is 5.90. The van der Waals surface area contributed by atoms with Gasteiger partial charge in [-0.1, -0.05) is 6.08 Å². The van der Waals surface area contributed by atoms with Crippen molar-refractivity contribution in [2.45, 2.75) is 6.10 Å². The van der Waals surface area contributed by atoms with Crippen LogP contribution in [0, 0.1) is 11.3 Å². The Labute approximate surface area is 111 Å². The number of urea groups is 1. The molecule has 1 fully saturated rings. The van der Waals surface area contributed by atoms with E-state index >= 15 is 0 Å². The molecule has 0 bridgehead atoms. The Morgan fingerprint density at radius 2 is 2.53 bits per heavy atom. The molecule has 98 valence electrons. The summed E-state index contributed by atoms with van der Waals surface area (Å²) >= 11 is 0. The van der Waals surface area contributed by atoms with Crippen molar-refractivity contribution in [3.05, 3.63) is 36.5 Å². The summed E-state index contributed by atoms with van der Waals surface area (Å²) in [5.74, 6) is 0.321. The molecule has 0 spiro atoms. The van der Waals surface area contributed by atoms with Gasteiger partial charge in [-0.3, -0.25) is 0 Å². The Kier molecular flexibility index (Phi) is 3.98. The molecule has 1 aliphatic heterocycles. The van der Waals surface area contributed by atoms with Crippen molar-refractivity contribution in [1.29, 1.82) is 5.26 Å². The summed E-state index contributed by atoms with van der Waals surface area (Å²) in [4.78, 5) is 17.2. The van der Waals surface area contributed by atoms with Crippen LogP contribution in [-0.2, 0) is 0 Å². The monoisotopic (exact) mass is 258 g/mol. The molecule has 1 saturated heterocycles.